The van der Waals surface area contributed by atoms with E-state index in [1.165, 1.54) is 0 Å². The van der Waals surface area contributed by atoms with Gasteiger partial charge in [-0.1, -0.05) is 109 Å². The molecule has 2 aromatic heterocycles. The van der Waals surface area contributed by atoms with Gasteiger partial charge in [0.15, 0.2) is 5.82 Å². The fourth-order valence-corrected chi connectivity index (χ4v) is 5.35. The van der Waals surface area contributed by atoms with Crippen molar-refractivity contribution in [3.05, 3.63) is 138 Å². The third-order valence-electron chi connectivity index (χ3n) is 6.88. The van der Waals surface area contributed by atoms with E-state index in [0.717, 1.165) is 55.6 Å². The van der Waals surface area contributed by atoms with Crippen molar-refractivity contribution in [2.45, 2.75) is 0 Å². The van der Waals surface area contributed by atoms with E-state index in [9.17, 15) is 0 Å². The lowest BCUT2D eigenvalue weighted by molar-refractivity contribution is 1.15. The van der Waals surface area contributed by atoms with Crippen molar-refractivity contribution in [2.75, 3.05) is 0 Å². The molecule has 180 valence electrons. The lowest BCUT2D eigenvalue weighted by atomic mass is 10.0. The Bertz CT molecular complexity index is 1910. The minimum absolute atomic E-state index is 0.668. The molecule has 7 rings (SSSR count). The van der Waals surface area contributed by atoms with Crippen molar-refractivity contribution in [2.24, 2.45) is 0 Å². The predicted octanol–water partition coefficient (Wildman–Crippen LogP) is 9.23. The summed E-state index contributed by atoms with van der Waals surface area (Å²) in [5, 5.41) is 1.79. The monoisotopic (exact) mass is 507 g/mol. The zero-order chi connectivity index (χ0) is 25.5. The predicted molar refractivity (Wildman–Crippen MR) is 158 cm³/mol. The van der Waals surface area contributed by atoms with Crippen molar-refractivity contribution in [1.29, 1.82) is 0 Å². The molecule has 4 heteroatoms. The summed E-state index contributed by atoms with van der Waals surface area (Å²) in [7, 11) is 0. The molecule has 0 atom stereocenters. The summed E-state index contributed by atoms with van der Waals surface area (Å²) in [6, 6.07) is 45.4. The van der Waals surface area contributed by atoms with E-state index in [1.54, 1.807) is 0 Å². The Morgan fingerprint density at radius 2 is 1.18 bits per heavy atom. The second-order valence-corrected chi connectivity index (χ2v) is 9.62. The van der Waals surface area contributed by atoms with Gasteiger partial charge in [0.1, 0.15) is 5.52 Å². The van der Waals surface area contributed by atoms with Crippen LogP contribution in [0.15, 0.2) is 133 Å². The number of aromatic nitrogens is 3. The van der Waals surface area contributed by atoms with Crippen molar-refractivity contribution in [3.63, 3.8) is 0 Å². The maximum absolute atomic E-state index is 6.65. The summed E-state index contributed by atoms with van der Waals surface area (Å²) in [5.74, 6) is 0.668. The lowest BCUT2D eigenvalue weighted by Crippen LogP contribution is -1.99. The zero-order valence-corrected chi connectivity index (χ0v) is 21.2. The van der Waals surface area contributed by atoms with E-state index >= 15 is 0 Å². The summed E-state index contributed by atoms with van der Waals surface area (Å²) in [6.07, 6.45) is 0. The van der Waals surface area contributed by atoms with Crippen molar-refractivity contribution < 1.29 is 0 Å². The van der Waals surface area contributed by atoms with Crippen molar-refractivity contribution in [1.82, 2.24) is 14.5 Å². The van der Waals surface area contributed by atoms with Crippen LogP contribution in [0.2, 0.25) is 5.02 Å². The van der Waals surface area contributed by atoms with Gasteiger partial charge in [0.2, 0.25) is 0 Å². The first kappa shape index (κ1) is 22.5. The van der Waals surface area contributed by atoms with Crippen LogP contribution in [0.25, 0.3) is 61.4 Å². The summed E-state index contributed by atoms with van der Waals surface area (Å²) < 4.78 is 2.27. The maximum Gasteiger partial charge on any atom is 0.160 e. The molecule has 0 fully saturated rings. The van der Waals surface area contributed by atoms with Gasteiger partial charge in [0, 0.05) is 32.8 Å². The second-order valence-electron chi connectivity index (χ2n) is 9.21. The molecular weight excluding hydrogens is 486 g/mol. The van der Waals surface area contributed by atoms with Crippen LogP contribution < -0.4 is 0 Å². The first-order valence-electron chi connectivity index (χ1n) is 12.6. The highest BCUT2D eigenvalue weighted by molar-refractivity contribution is 6.33. The molecule has 0 N–H and O–H groups in total. The molecule has 0 bridgehead atoms. The van der Waals surface area contributed by atoms with Gasteiger partial charge >= 0.3 is 0 Å². The Morgan fingerprint density at radius 3 is 1.92 bits per heavy atom. The smallest absolute Gasteiger partial charge is 0.160 e. The lowest BCUT2D eigenvalue weighted by Gasteiger charge is -2.13. The third kappa shape index (κ3) is 3.76. The van der Waals surface area contributed by atoms with Crippen LogP contribution in [0.1, 0.15) is 0 Å². The van der Waals surface area contributed by atoms with Gasteiger partial charge in [-0.2, -0.15) is 0 Å². The van der Waals surface area contributed by atoms with Gasteiger partial charge in [-0.25, -0.2) is 9.97 Å². The topological polar surface area (TPSA) is 30.7 Å². The van der Waals surface area contributed by atoms with E-state index in [1.807, 2.05) is 54.6 Å². The quantitative estimate of drug-likeness (QED) is 0.237. The van der Waals surface area contributed by atoms with Crippen LogP contribution >= 0.6 is 11.6 Å². The van der Waals surface area contributed by atoms with Gasteiger partial charge < -0.3 is 4.57 Å². The first-order valence-corrected chi connectivity index (χ1v) is 12.9. The Kier molecular flexibility index (Phi) is 5.49. The molecular formula is C34H22ClN3. The SMILES string of the molecule is Clc1ccc(-c2nc(-c3ccccc3)c3c(n2)c2ccccc2n3-c2ccccc2)cc1-c1ccccc1. The molecule has 0 saturated heterocycles. The highest BCUT2D eigenvalue weighted by atomic mass is 35.5. The largest absolute Gasteiger partial charge is 0.306 e. The number of fused-ring (bicyclic) bond motifs is 3. The van der Waals surface area contributed by atoms with Crippen LogP contribution in [0.5, 0.6) is 0 Å². The summed E-state index contributed by atoms with van der Waals surface area (Å²) >= 11 is 6.65. The van der Waals surface area contributed by atoms with Gasteiger partial charge in [0.05, 0.1) is 16.7 Å². The maximum atomic E-state index is 6.65. The standard InChI is InChI=1S/C34H22ClN3/c35-29-21-20-25(22-28(29)23-12-4-1-5-13-23)34-36-31(24-14-6-2-7-15-24)33-32(37-34)27-18-10-11-19-30(27)38(33)26-16-8-3-9-17-26/h1-22H. The first-order chi connectivity index (χ1) is 18.8. The van der Waals surface area contributed by atoms with E-state index in [2.05, 4.69) is 83.4 Å². The summed E-state index contributed by atoms with van der Waals surface area (Å²) in [5.41, 5.74) is 8.95. The van der Waals surface area contributed by atoms with Gasteiger partial charge in [-0.15, -0.1) is 0 Å². The molecule has 3 nitrogen and oxygen atoms in total. The number of para-hydroxylation sites is 2. The van der Waals surface area contributed by atoms with Crippen LogP contribution in [0.4, 0.5) is 0 Å². The van der Waals surface area contributed by atoms with Crippen LogP contribution in [-0.4, -0.2) is 14.5 Å². The van der Waals surface area contributed by atoms with Crippen LogP contribution in [0, 0.1) is 0 Å². The number of halogens is 1. The number of rotatable bonds is 4. The molecule has 0 saturated carbocycles. The van der Waals surface area contributed by atoms with Gasteiger partial charge in [0.25, 0.3) is 0 Å². The highest BCUT2D eigenvalue weighted by Gasteiger charge is 2.21. The fraction of sp³-hybridized carbons (Fsp3) is 0. The summed E-state index contributed by atoms with van der Waals surface area (Å²) in [6.45, 7) is 0. The number of nitrogens with zero attached hydrogens (tertiary/aromatic N) is 3. The molecule has 5 aromatic carbocycles. The number of hydrogen-bond acceptors (Lipinski definition) is 2. The normalized spacial score (nSPS) is 11.3. The van der Waals surface area contributed by atoms with Crippen LogP contribution in [-0.2, 0) is 0 Å². The van der Waals surface area contributed by atoms with Gasteiger partial charge in [-0.3, -0.25) is 0 Å². The van der Waals surface area contributed by atoms with E-state index in [-0.39, 0.29) is 0 Å². The second kappa shape index (κ2) is 9.29. The Labute approximate surface area is 225 Å². The van der Waals surface area contributed by atoms with E-state index in [4.69, 9.17) is 21.6 Å². The van der Waals surface area contributed by atoms with Crippen molar-refractivity contribution in [3.8, 4) is 39.5 Å². The highest BCUT2D eigenvalue weighted by Crippen LogP contribution is 2.38. The number of hydrogen-bond donors (Lipinski definition) is 0. The molecule has 7 aromatic rings. The zero-order valence-electron chi connectivity index (χ0n) is 20.4. The fourth-order valence-electron chi connectivity index (χ4n) is 5.12. The van der Waals surface area contributed by atoms with E-state index in [0.29, 0.717) is 10.8 Å². The summed E-state index contributed by atoms with van der Waals surface area (Å²) in [4.78, 5) is 10.4. The molecule has 38 heavy (non-hydrogen) atoms. The molecule has 2 heterocycles. The average Bonchev–Trinajstić information content (AvgIpc) is 3.33. The molecule has 0 unspecified atom stereocenters. The molecule has 0 radical (unpaired) electrons. The minimum Gasteiger partial charge on any atom is -0.306 e. The average molecular weight is 508 g/mol. The Balaban J connectivity index is 1.57. The van der Waals surface area contributed by atoms with E-state index < -0.39 is 0 Å². The molecule has 0 aliphatic carbocycles. The third-order valence-corrected chi connectivity index (χ3v) is 7.21. The molecule has 0 spiro atoms. The number of benzene rings is 5. The molecule has 0 aliphatic rings. The molecule has 0 aliphatic heterocycles. The molecule has 0 amide bonds. The minimum atomic E-state index is 0.668. The van der Waals surface area contributed by atoms with Crippen LogP contribution in [0.3, 0.4) is 0 Å². The Hall–Kier alpha value is -4.73. The Morgan fingerprint density at radius 1 is 0.553 bits per heavy atom. The van der Waals surface area contributed by atoms with Gasteiger partial charge in [-0.05, 0) is 42.0 Å². The van der Waals surface area contributed by atoms with Crippen molar-refractivity contribution >= 4 is 33.5 Å².